The average Bonchev–Trinajstić information content (AvgIpc) is 2.30. The molecule has 7 unspecified atom stereocenters. The van der Waals surface area contributed by atoms with Gasteiger partial charge in [0, 0.05) is 0 Å². The molecule has 0 aliphatic heterocycles. The lowest BCUT2D eigenvalue weighted by Crippen LogP contribution is -2.46. The van der Waals surface area contributed by atoms with Crippen molar-refractivity contribution in [1.29, 1.82) is 0 Å². The molecule has 0 aromatic carbocycles. The molecule has 0 nitrogen and oxygen atoms in total. The zero-order chi connectivity index (χ0) is 12.0. The standard InChI is InChI=1S/C17H30/c1-11-7-8-15-16(9-11)13(3)10-14-6-4-5-12(2)17(14)15/h11-17H,4-10H2,1-3H3. The predicted octanol–water partition coefficient (Wildman–Crippen LogP) is 5.13. The number of hydrogen-bond acceptors (Lipinski definition) is 0. The van der Waals surface area contributed by atoms with E-state index in [-0.39, 0.29) is 0 Å². The first kappa shape index (κ1) is 12.1. The van der Waals surface area contributed by atoms with Crippen LogP contribution in [0.2, 0.25) is 0 Å². The van der Waals surface area contributed by atoms with Gasteiger partial charge < -0.3 is 0 Å². The highest BCUT2D eigenvalue weighted by molar-refractivity contribution is 4.96. The van der Waals surface area contributed by atoms with Crippen molar-refractivity contribution < 1.29 is 0 Å². The van der Waals surface area contributed by atoms with Gasteiger partial charge in [0.25, 0.3) is 0 Å². The van der Waals surface area contributed by atoms with Gasteiger partial charge in [-0.3, -0.25) is 0 Å². The van der Waals surface area contributed by atoms with Crippen LogP contribution in [0.15, 0.2) is 0 Å². The Kier molecular flexibility index (Phi) is 3.26. The highest BCUT2D eigenvalue weighted by Gasteiger charge is 2.47. The summed E-state index contributed by atoms with van der Waals surface area (Å²) in [6.45, 7) is 7.60. The second-order valence-corrected chi connectivity index (χ2v) is 7.70. The molecule has 3 rings (SSSR count). The van der Waals surface area contributed by atoms with E-state index in [0.29, 0.717) is 0 Å². The molecule has 98 valence electrons. The topological polar surface area (TPSA) is 0 Å². The van der Waals surface area contributed by atoms with Crippen LogP contribution >= 0.6 is 0 Å². The summed E-state index contributed by atoms with van der Waals surface area (Å²) in [4.78, 5) is 0. The Morgan fingerprint density at radius 2 is 1.53 bits per heavy atom. The van der Waals surface area contributed by atoms with Crippen molar-refractivity contribution in [2.24, 2.45) is 41.4 Å². The SMILES string of the molecule is CC1CCC2C(C1)C(C)CC1CCCC(C)C12. The third kappa shape index (κ3) is 2.06. The second-order valence-electron chi connectivity index (χ2n) is 7.70. The molecule has 0 N–H and O–H groups in total. The summed E-state index contributed by atoms with van der Waals surface area (Å²) < 4.78 is 0. The Bertz CT molecular complexity index is 269. The van der Waals surface area contributed by atoms with Crippen molar-refractivity contribution in [2.75, 3.05) is 0 Å². The highest BCUT2D eigenvalue weighted by Crippen LogP contribution is 2.55. The highest BCUT2D eigenvalue weighted by atomic mass is 14.5. The average molecular weight is 234 g/mol. The summed E-state index contributed by atoms with van der Waals surface area (Å²) in [5.74, 6) is 7.46. The summed E-state index contributed by atoms with van der Waals surface area (Å²) in [5, 5.41) is 0. The van der Waals surface area contributed by atoms with Gasteiger partial charge in [0.15, 0.2) is 0 Å². The van der Waals surface area contributed by atoms with Crippen molar-refractivity contribution in [3.63, 3.8) is 0 Å². The summed E-state index contributed by atoms with van der Waals surface area (Å²) >= 11 is 0. The van der Waals surface area contributed by atoms with Crippen molar-refractivity contribution >= 4 is 0 Å². The molecule has 0 bridgehead atoms. The molecular formula is C17H30. The van der Waals surface area contributed by atoms with E-state index < -0.39 is 0 Å². The van der Waals surface area contributed by atoms with Crippen molar-refractivity contribution in [3.8, 4) is 0 Å². The molecular weight excluding hydrogens is 204 g/mol. The summed E-state index contributed by atoms with van der Waals surface area (Å²) in [6.07, 6.45) is 10.8. The Balaban J connectivity index is 1.82. The maximum Gasteiger partial charge on any atom is -0.0329 e. The van der Waals surface area contributed by atoms with E-state index in [4.69, 9.17) is 0 Å². The number of fused-ring (bicyclic) bond motifs is 3. The van der Waals surface area contributed by atoms with Gasteiger partial charge in [-0.2, -0.15) is 0 Å². The van der Waals surface area contributed by atoms with Crippen molar-refractivity contribution in [2.45, 2.75) is 65.7 Å². The molecule has 7 atom stereocenters. The van der Waals surface area contributed by atoms with Crippen LogP contribution in [0.25, 0.3) is 0 Å². The fraction of sp³-hybridized carbons (Fsp3) is 1.00. The Hall–Kier alpha value is 0. The lowest BCUT2D eigenvalue weighted by molar-refractivity contribution is -0.0451. The van der Waals surface area contributed by atoms with Crippen LogP contribution < -0.4 is 0 Å². The Morgan fingerprint density at radius 1 is 0.706 bits per heavy atom. The van der Waals surface area contributed by atoms with Gasteiger partial charge in [-0.25, -0.2) is 0 Å². The molecule has 0 aromatic heterocycles. The molecule has 0 amide bonds. The zero-order valence-electron chi connectivity index (χ0n) is 12.0. The van der Waals surface area contributed by atoms with Gasteiger partial charge in [-0.1, -0.05) is 46.5 Å². The van der Waals surface area contributed by atoms with Crippen LogP contribution in [0.3, 0.4) is 0 Å². The van der Waals surface area contributed by atoms with Gasteiger partial charge in [-0.15, -0.1) is 0 Å². The largest absolute Gasteiger partial charge is 0.0625 e. The molecule has 3 aliphatic rings. The molecule has 3 fully saturated rings. The zero-order valence-corrected chi connectivity index (χ0v) is 12.0. The molecule has 0 saturated heterocycles. The van der Waals surface area contributed by atoms with E-state index in [0.717, 1.165) is 41.4 Å². The van der Waals surface area contributed by atoms with Gasteiger partial charge in [-0.05, 0) is 60.7 Å². The minimum absolute atomic E-state index is 1.01. The summed E-state index contributed by atoms with van der Waals surface area (Å²) in [5.41, 5.74) is 0. The predicted molar refractivity (Wildman–Crippen MR) is 73.8 cm³/mol. The van der Waals surface area contributed by atoms with Crippen LogP contribution in [0.1, 0.15) is 65.7 Å². The molecule has 3 aliphatic carbocycles. The maximum absolute atomic E-state index is 2.56. The van der Waals surface area contributed by atoms with Crippen molar-refractivity contribution in [3.05, 3.63) is 0 Å². The quantitative estimate of drug-likeness (QED) is 0.545. The van der Waals surface area contributed by atoms with Gasteiger partial charge >= 0.3 is 0 Å². The second kappa shape index (κ2) is 4.59. The lowest BCUT2D eigenvalue weighted by atomic mass is 9.51. The fourth-order valence-corrected chi connectivity index (χ4v) is 5.83. The van der Waals surface area contributed by atoms with E-state index in [2.05, 4.69) is 20.8 Å². The van der Waals surface area contributed by atoms with Crippen LogP contribution in [-0.2, 0) is 0 Å². The molecule has 0 aromatic rings. The van der Waals surface area contributed by atoms with Crippen LogP contribution in [0, 0.1) is 41.4 Å². The molecule has 17 heavy (non-hydrogen) atoms. The van der Waals surface area contributed by atoms with E-state index >= 15 is 0 Å². The first-order valence-electron chi connectivity index (χ1n) is 8.16. The molecule has 0 radical (unpaired) electrons. The molecule has 0 heterocycles. The van der Waals surface area contributed by atoms with Gasteiger partial charge in [0.1, 0.15) is 0 Å². The van der Waals surface area contributed by atoms with Gasteiger partial charge in [0.2, 0.25) is 0 Å². The van der Waals surface area contributed by atoms with E-state index in [1.807, 2.05) is 0 Å². The van der Waals surface area contributed by atoms with Crippen LogP contribution in [0.5, 0.6) is 0 Å². The first-order chi connectivity index (χ1) is 8.16. The monoisotopic (exact) mass is 234 g/mol. The van der Waals surface area contributed by atoms with Gasteiger partial charge in [0.05, 0.1) is 0 Å². The number of hydrogen-bond donors (Lipinski definition) is 0. The minimum atomic E-state index is 1.01. The Labute approximate surface area is 108 Å². The minimum Gasteiger partial charge on any atom is -0.0625 e. The normalized spacial score (nSPS) is 54.9. The molecule has 0 spiro atoms. The molecule has 0 heteroatoms. The van der Waals surface area contributed by atoms with E-state index in [1.165, 1.54) is 19.3 Å². The van der Waals surface area contributed by atoms with Crippen LogP contribution in [0.4, 0.5) is 0 Å². The Morgan fingerprint density at radius 3 is 2.35 bits per heavy atom. The third-order valence-electron chi connectivity index (χ3n) is 6.55. The van der Waals surface area contributed by atoms with Crippen LogP contribution in [-0.4, -0.2) is 0 Å². The summed E-state index contributed by atoms with van der Waals surface area (Å²) in [6, 6.07) is 0. The lowest BCUT2D eigenvalue weighted by Gasteiger charge is -2.54. The number of rotatable bonds is 0. The van der Waals surface area contributed by atoms with E-state index in [1.54, 1.807) is 25.7 Å². The third-order valence-corrected chi connectivity index (χ3v) is 6.55. The smallest absolute Gasteiger partial charge is 0.0329 e. The first-order valence-corrected chi connectivity index (χ1v) is 8.16. The van der Waals surface area contributed by atoms with Crippen molar-refractivity contribution in [1.82, 2.24) is 0 Å². The summed E-state index contributed by atoms with van der Waals surface area (Å²) in [7, 11) is 0. The van der Waals surface area contributed by atoms with E-state index in [9.17, 15) is 0 Å². The molecule has 3 saturated carbocycles. The fourth-order valence-electron chi connectivity index (χ4n) is 5.83. The maximum atomic E-state index is 2.56.